The zero-order valence-electron chi connectivity index (χ0n) is 23.8. The molecule has 8 aromatic rings. The molecule has 0 fully saturated rings. The summed E-state index contributed by atoms with van der Waals surface area (Å²) in [5.41, 5.74) is 7.62. The molecule has 7 aromatic carbocycles. The number of halogens is 3. The molecule has 216 valence electrons. The lowest BCUT2D eigenvalue weighted by Crippen LogP contribution is -2.04. The molecule has 0 bridgehead atoms. The van der Waals surface area contributed by atoms with Crippen LogP contribution in [0.2, 0.25) is 0 Å². The van der Waals surface area contributed by atoms with Gasteiger partial charge in [0.2, 0.25) is 0 Å². The molecule has 8 rings (SSSR count). The molecule has 0 aliphatic rings. The summed E-state index contributed by atoms with van der Waals surface area (Å²) in [6.45, 7) is 0. The van der Waals surface area contributed by atoms with Crippen LogP contribution in [0.4, 0.5) is 13.2 Å². The zero-order chi connectivity index (χ0) is 30.5. The Morgan fingerprint density at radius 2 is 1.00 bits per heavy atom. The average molecular weight is 608 g/mol. The third kappa shape index (κ3) is 5.05. The van der Waals surface area contributed by atoms with Gasteiger partial charge in [-0.25, -0.2) is 4.98 Å². The Morgan fingerprint density at radius 3 is 1.67 bits per heavy atom. The molecule has 0 unspecified atom stereocenters. The molecule has 0 saturated carbocycles. The molecular weight excluding hydrogens is 584 g/mol. The normalized spacial score (nSPS) is 11.9. The van der Waals surface area contributed by atoms with Crippen molar-refractivity contribution >= 4 is 43.1 Å². The van der Waals surface area contributed by atoms with Crippen molar-refractivity contribution in [2.45, 2.75) is 6.18 Å². The van der Waals surface area contributed by atoms with Gasteiger partial charge in [0.15, 0.2) is 0 Å². The van der Waals surface area contributed by atoms with Crippen LogP contribution in [0.25, 0.3) is 75.7 Å². The Bertz CT molecular complexity index is 2320. The first-order valence-corrected chi connectivity index (χ1v) is 15.4. The first-order chi connectivity index (χ1) is 21.9. The van der Waals surface area contributed by atoms with E-state index in [4.69, 9.17) is 4.98 Å². The standard InChI is InChI=1S/C40H24F3NS/c41-40(42,43)32-19-17-26(18-20-32)33-21-22-34(36-6-2-1-5-35(33)36)31-16-15-29-23-28(13-14-30(29)24-31)25-9-11-27(12-10-25)39-44-37-7-3-4-8-38(37)45-39/h1-24H. The number of hydrogen-bond acceptors (Lipinski definition) is 2. The van der Waals surface area contributed by atoms with Gasteiger partial charge >= 0.3 is 6.18 Å². The third-order valence-electron chi connectivity index (χ3n) is 8.36. The summed E-state index contributed by atoms with van der Waals surface area (Å²) in [4.78, 5) is 4.79. The van der Waals surface area contributed by atoms with Gasteiger partial charge < -0.3 is 0 Å². The number of fused-ring (bicyclic) bond motifs is 3. The highest BCUT2D eigenvalue weighted by Crippen LogP contribution is 2.39. The highest BCUT2D eigenvalue weighted by atomic mass is 32.1. The van der Waals surface area contributed by atoms with Gasteiger partial charge in [-0.2, -0.15) is 13.2 Å². The molecule has 45 heavy (non-hydrogen) atoms. The topological polar surface area (TPSA) is 12.9 Å². The average Bonchev–Trinajstić information content (AvgIpc) is 3.52. The van der Waals surface area contributed by atoms with Gasteiger partial charge in [0, 0.05) is 5.56 Å². The molecule has 1 nitrogen and oxygen atoms in total. The van der Waals surface area contributed by atoms with Crippen LogP contribution < -0.4 is 0 Å². The van der Waals surface area contributed by atoms with Crippen molar-refractivity contribution < 1.29 is 13.2 Å². The molecule has 0 aliphatic heterocycles. The summed E-state index contributed by atoms with van der Waals surface area (Å²) in [6.07, 6.45) is -4.36. The Kier molecular flexibility index (Phi) is 6.50. The smallest absolute Gasteiger partial charge is 0.236 e. The van der Waals surface area contributed by atoms with E-state index in [1.54, 1.807) is 23.5 Å². The fourth-order valence-electron chi connectivity index (χ4n) is 6.04. The summed E-state index contributed by atoms with van der Waals surface area (Å²) in [7, 11) is 0. The van der Waals surface area contributed by atoms with Gasteiger partial charge in [-0.15, -0.1) is 11.3 Å². The van der Waals surface area contributed by atoms with Gasteiger partial charge in [0.1, 0.15) is 5.01 Å². The molecular formula is C40H24F3NS. The van der Waals surface area contributed by atoms with Crippen LogP contribution in [0, 0.1) is 0 Å². The van der Waals surface area contributed by atoms with E-state index in [1.807, 2.05) is 42.5 Å². The van der Waals surface area contributed by atoms with E-state index in [2.05, 4.69) is 78.9 Å². The van der Waals surface area contributed by atoms with Crippen LogP contribution in [0.15, 0.2) is 146 Å². The maximum Gasteiger partial charge on any atom is 0.416 e. The predicted molar refractivity (Wildman–Crippen MR) is 181 cm³/mol. The van der Waals surface area contributed by atoms with Gasteiger partial charge in [0.25, 0.3) is 0 Å². The van der Waals surface area contributed by atoms with Crippen LogP contribution >= 0.6 is 11.3 Å². The second kappa shape index (κ2) is 10.7. The molecule has 0 atom stereocenters. The van der Waals surface area contributed by atoms with E-state index in [-0.39, 0.29) is 0 Å². The molecule has 0 N–H and O–H groups in total. The van der Waals surface area contributed by atoms with Crippen molar-refractivity contribution in [3.63, 3.8) is 0 Å². The quantitative estimate of drug-likeness (QED) is 0.194. The highest BCUT2D eigenvalue weighted by Gasteiger charge is 2.30. The van der Waals surface area contributed by atoms with Crippen molar-refractivity contribution in [1.29, 1.82) is 0 Å². The zero-order valence-corrected chi connectivity index (χ0v) is 24.7. The maximum atomic E-state index is 13.1. The van der Waals surface area contributed by atoms with E-state index in [1.165, 1.54) is 4.70 Å². The van der Waals surface area contributed by atoms with E-state index in [9.17, 15) is 13.2 Å². The number of para-hydroxylation sites is 1. The minimum Gasteiger partial charge on any atom is -0.236 e. The minimum absolute atomic E-state index is 0.645. The van der Waals surface area contributed by atoms with Crippen molar-refractivity contribution in [3.8, 4) is 44.0 Å². The Labute approximate surface area is 261 Å². The number of rotatable bonds is 4. The molecule has 5 heteroatoms. The Balaban J connectivity index is 1.11. The molecule has 0 spiro atoms. The summed E-state index contributed by atoms with van der Waals surface area (Å²) in [6, 6.07) is 47.4. The lowest BCUT2D eigenvalue weighted by molar-refractivity contribution is -0.137. The highest BCUT2D eigenvalue weighted by molar-refractivity contribution is 7.21. The minimum atomic E-state index is -4.36. The first kappa shape index (κ1) is 27.3. The van der Waals surface area contributed by atoms with Crippen LogP contribution in [0.3, 0.4) is 0 Å². The number of nitrogens with zero attached hydrogens (tertiary/aromatic N) is 1. The lowest BCUT2D eigenvalue weighted by atomic mass is 9.91. The van der Waals surface area contributed by atoms with E-state index >= 15 is 0 Å². The van der Waals surface area contributed by atoms with Crippen molar-refractivity contribution in [3.05, 3.63) is 151 Å². The molecule has 1 heterocycles. The van der Waals surface area contributed by atoms with Gasteiger partial charge in [-0.05, 0) is 91.3 Å². The molecule has 0 amide bonds. The number of thiazole rings is 1. The number of benzene rings is 7. The van der Waals surface area contributed by atoms with Crippen LogP contribution in [0.5, 0.6) is 0 Å². The molecule has 0 radical (unpaired) electrons. The van der Waals surface area contributed by atoms with Crippen LogP contribution in [-0.2, 0) is 6.18 Å². The van der Waals surface area contributed by atoms with Crippen molar-refractivity contribution in [1.82, 2.24) is 4.98 Å². The number of hydrogen-bond donors (Lipinski definition) is 0. The van der Waals surface area contributed by atoms with E-state index in [0.29, 0.717) is 0 Å². The second-order valence-corrected chi connectivity index (χ2v) is 12.2. The van der Waals surface area contributed by atoms with Gasteiger partial charge in [-0.1, -0.05) is 109 Å². The fourth-order valence-corrected chi connectivity index (χ4v) is 7.01. The summed E-state index contributed by atoms with van der Waals surface area (Å²) >= 11 is 1.71. The monoisotopic (exact) mass is 607 g/mol. The number of aromatic nitrogens is 1. The van der Waals surface area contributed by atoms with Gasteiger partial charge in [0.05, 0.1) is 15.8 Å². The predicted octanol–water partition coefficient (Wildman–Crippen LogP) is 12.3. The third-order valence-corrected chi connectivity index (χ3v) is 9.44. The Hall–Kier alpha value is -5.26. The Morgan fingerprint density at radius 1 is 0.467 bits per heavy atom. The summed E-state index contributed by atoms with van der Waals surface area (Å²) in [5, 5.41) is 5.36. The maximum absolute atomic E-state index is 13.1. The molecule has 1 aromatic heterocycles. The van der Waals surface area contributed by atoms with Crippen LogP contribution in [0.1, 0.15) is 5.56 Å². The first-order valence-electron chi connectivity index (χ1n) is 14.6. The van der Waals surface area contributed by atoms with Crippen molar-refractivity contribution in [2.75, 3.05) is 0 Å². The van der Waals surface area contributed by atoms with Crippen molar-refractivity contribution in [2.24, 2.45) is 0 Å². The largest absolute Gasteiger partial charge is 0.416 e. The van der Waals surface area contributed by atoms with Crippen LogP contribution in [-0.4, -0.2) is 4.98 Å². The molecule has 0 saturated heterocycles. The van der Waals surface area contributed by atoms with E-state index < -0.39 is 11.7 Å². The summed E-state index contributed by atoms with van der Waals surface area (Å²) in [5.74, 6) is 0. The second-order valence-electron chi connectivity index (χ2n) is 11.1. The number of alkyl halides is 3. The molecule has 0 aliphatic carbocycles. The SMILES string of the molecule is FC(F)(F)c1ccc(-c2ccc(-c3ccc4cc(-c5ccc(-c6nc7ccccc7s6)cc5)ccc4c3)c3ccccc23)cc1. The lowest BCUT2D eigenvalue weighted by Gasteiger charge is -2.14. The van der Waals surface area contributed by atoms with Gasteiger partial charge in [-0.3, -0.25) is 0 Å². The fraction of sp³-hybridized carbons (Fsp3) is 0.0250. The summed E-state index contributed by atoms with van der Waals surface area (Å²) < 4.78 is 40.6. The van der Waals surface area contributed by atoms with E-state index in [0.717, 1.165) is 83.1 Å².